The van der Waals surface area contributed by atoms with Crippen molar-refractivity contribution in [2.24, 2.45) is 5.41 Å². The maximum atomic E-state index is 12.6. The van der Waals surface area contributed by atoms with E-state index in [-0.39, 0.29) is 5.91 Å². The van der Waals surface area contributed by atoms with Gasteiger partial charge in [-0.1, -0.05) is 24.4 Å². The Morgan fingerprint density at radius 2 is 1.80 bits per heavy atom. The van der Waals surface area contributed by atoms with Gasteiger partial charge in [-0.3, -0.25) is 4.79 Å². The molecule has 0 N–H and O–H groups in total. The Morgan fingerprint density at radius 1 is 1.15 bits per heavy atom. The molecular formula is C16H19ClINO. The molecule has 0 bridgehead atoms. The third-order valence-electron chi connectivity index (χ3n) is 4.93. The van der Waals surface area contributed by atoms with Crippen LogP contribution in [0.15, 0.2) is 18.2 Å². The molecule has 3 rings (SSSR count). The molecule has 2 nitrogen and oxygen atoms in total. The molecule has 108 valence electrons. The molecule has 1 saturated heterocycles. The summed E-state index contributed by atoms with van der Waals surface area (Å²) in [6, 6.07) is 5.55. The third kappa shape index (κ3) is 2.84. The average molecular weight is 404 g/mol. The van der Waals surface area contributed by atoms with Crippen LogP contribution >= 0.6 is 34.2 Å². The smallest absolute Gasteiger partial charge is 0.254 e. The number of hydrogen-bond donors (Lipinski definition) is 0. The van der Waals surface area contributed by atoms with Gasteiger partial charge >= 0.3 is 0 Å². The molecule has 1 aliphatic heterocycles. The first-order valence-electron chi connectivity index (χ1n) is 7.34. The first kappa shape index (κ1) is 14.6. The van der Waals surface area contributed by atoms with Crippen molar-refractivity contribution in [3.05, 3.63) is 32.4 Å². The molecule has 1 heterocycles. The molecule has 2 fully saturated rings. The molecule has 1 amide bonds. The highest BCUT2D eigenvalue weighted by Gasteiger charge is 2.38. The predicted molar refractivity (Wildman–Crippen MR) is 90.2 cm³/mol. The van der Waals surface area contributed by atoms with Crippen LogP contribution in [0, 0.1) is 8.99 Å². The first-order chi connectivity index (χ1) is 9.60. The molecule has 20 heavy (non-hydrogen) atoms. The van der Waals surface area contributed by atoms with E-state index in [9.17, 15) is 4.79 Å². The normalized spacial score (nSPS) is 21.4. The molecule has 4 heteroatoms. The topological polar surface area (TPSA) is 20.3 Å². The predicted octanol–water partition coefficient (Wildman–Crippen LogP) is 4.74. The van der Waals surface area contributed by atoms with Crippen molar-refractivity contribution >= 4 is 40.1 Å². The Bertz CT molecular complexity index is 515. The minimum absolute atomic E-state index is 0.143. The van der Waals surface area contributed by atoms with Crippen LogP contribution in [-0.4, -0.2) is 23.9 Å². The fourth-order valence-electron chi connectivity index (χ4n) is 3.64. The lowest BCUT2D eigenvalue weighted by Crippen LogP contribution is -2.42. The van der Waals surface area contributed by atoms with Gasteiger partial charge in [-0.15, -0.1) is 0 Å². The molecule has 1 spiro atoms. The zero-order valence-electron chi connectivity index (χ0n) is 11.5. The van der Waals surface area contributed by atoms with Crippen LogP contribution < -0.4 is 0 Å². The van der Waals surface area contributed by atoms with Crippen molar-refractivity contribution < 1.29 is 4.79 Å². The van der Waals surface area contributed by atoms with Crippen molar-refractivity contribution in [1.82, 2.24) is 4.90 Å². The van der Waals surface area contributed by atoms with E-state index in [0.717, 1.165) is 22.2 Å². The van der Waals surface area contributed by atoms with E-state index in [1.807, 2.05) is 17.0 Å². The highest BCUT2D eigenvalue weighted by atomic mass is 127. The summed E-state index contributed by atoms with van der Waals surface area (Å²) in [5.74, 6) is 0.143. The van der Waals surface area contributed by atoms with Gasteiger partial charge in [0, 0.05) is 21.7 Å². The van der Waals surface area contributed by atoms with E-state index in [0.29, 0.717) is 10.4 Å². The van der Waals surface area contributed by atoms with Crippen molar-refractivity contribution in [2.75, 3.05) is 13.1 Å². The second kappa shape index (κ2) is 5.84. The van der Waals surface area contributed by atoms with Crippen LogP contribution in [0.1, 0.15) is 48.9 Å². The molecule has 0 atom stereocenters. The summed E-state index contributed by atoms with van der Waals surface area (Å²) in [5.41, 5.74) is 1.30. The van der Waals surface area contributed by atoms with Crippen LogP contribution in [-0.2, 0) is 0 Å². The minimum atomic E-state index is 0.143. The molecule has 2 aliphatic rings. The van der Waals surface area contributed by atoms with E-state index >= 15 is 0 Å². The Kier molecular flexibility index (Phi) is 4.27. The molecule has 1 aliphatic carbocycles. The maximum absolute atomic E-state index is 12.6. The number of carbonyl (C=O) groups excluding carboxylic acids is 1. The number of amides is 1. The zero-order valence-corrected chi connectivity index (χ0v) is 14.4. The quantitative estimate of drug-likeness (QED) is 0.620. The van der Waals surface area contributed by atoms with Crippen LogP contribution in [0.2, 0.25) is 5.02 Å². The van der Waals surface area contributed by atoms with Gasteiger partial charge in [0.25, 0.3) is 5.91 Å². The molecular weight excluding hydrogens is 385 g/mol. The summed E-state index contributed by atoms with van der Waals surface area (Å²) in [4.78, 5) is 14.6. The number of benzene rings is 1. The van der Waals surface area contributed by atoms with E-state index < -0.39 is 0 Å². The minimum Gasteiger partial charge on any atom is -0.339 e. The second-order valence-electron chi connectivity index (χ2n) is 6.12. The van der Waals surface area contributed by atoms with Gasteiger partial charge in [-0.25, -0.2) is 0 Å². The molecule has 1 aromatic rings. The van der Waals surface area contributed by atoms with Gasteiger partial charge in [0.05, 0.1) is 5.56 Å². The monoisotopic (exact) mass is 403 g/mol. The average Bonchev–Trinajstić information content (AvgIpc) is 2.90. The Labute approximate surface area is 139 Å². The van der Waals surface area contributed by atoms with Gasteiger partial charge in [-0.2, -0.15) is 0 Å². The van der Waals surface area contributed by atoms with Crippen LogP contribution in [0.25, 0.3) is 0 Å². The number of nitrogens with zero attached hydrogens (tertiary/aromatic N) is 1. The lowest BCUT2D eigenvalue weighted by molar-refractivity contribution is 0.0586. The van der Waals surface area contributed by atoms with Crippen molar-refractivity contribution in [3.63, 3.8) is 0 Å². The molecule has 0 aromatic heterocycles. The van der Waals surface area contributed by atoms with E-state index in [1.165, 1.54) is 38.5 Å². The van der Waals surface area contributed by atoms with Crippen LogP contribution in [0.3, 0.4) is 0 Å². The fourth-order valence-corrected chi connectivity index (χ4v) is 4.38. The standard InChI is InChI=1S/C16H19ClINO/c17-12-3-4-14(18)13(11-12)15(20)19-9-7-16(8-10-19)5-1-2-6-16/h3-4,11H,1-2,5-10H2. The number of piperidine rings is 1. The Balaban J connectivity index is 1.71. The van der Waals surface area contributed by atoms with Crippen molar-refractivity contribution in [2.45, 2.75) is 38.5 Å². The van der Waals surface area contributed by atoms with Crippen molar-refractivity contribution in [3.8, 4) is 0 Å². The summed E-state index contributed by atoms with van der Waals surface area (Å²) in [6.45, 7) is 1.81. The lowest BCUT2D eigenvalue weighted by Gasteiger charge is -2.39. The van der Waals surface area contributed by atoms with Crippen LogP contribution in [0.5, 0.6) is 0 Å². The van der Waals surface area contributed by atoms with Gasteiger partial charge in [0.15, 0.2) is 0 Å². The molecule has 0 radical (unpaired) electrons. The SMILES string of the molecule is O=C(c1cc(Cl)ccc1I)N1CCC2(CCCC2)CC1. The summed E-state index contributed by atoms with van der Waals surface area (Å²) >= 11 is 8.24. The summed E-state index contributed by atoms with van der Waals surface area (Å²) in [6.07, 6.45) is 7.83. The lowest BCUT2D eigenvalue weighted by atomic mass is 9.77. The number of likely N-dealkylation sites (tertiary alicyclic amines) is 1. The van der Waals surface area contributed by atoms with Gasteiger partial charge in [0.2, 0.25) is 0 Å². The van der Waals surface area contributed by atoms with Crippen LogP contribution in [0.4, 0.5) is 0 Å². The van der Waals surface area contributed by atoms with E-state index in [2.05, 4.69) is 22.6 Å². The van der Waals surface area contributed by atoms with E-state index in [1.54, 1.807) is 6.07 Å². The number of halogens is 2. The summed E-state index contributed by atoms with van der Waals surface area (Å²) in [7, 11) is 0. The number of rotatable bonds is 1. The molecule has 1 aromatic carbocycles. The Morgan fingerprint density at radius 3 is 2.45 bits per heavy atom. The van der Waals surface area contributed by atoms with Gasteiger partial charge in [-0.05, 0) is 71.9 Å². The molecule has 1 saturated carbocycles. The second-order valence-corrected chi connectivity index (χ2v) is 7.72. The third-order valence-corrected chi connectivity index (χ3v) is 6.11. The molecule has 0 unspecified atom stereocenters. The highest BCUT2D eigenvalue weighted by Crippen LogP contribution is 2.46. The zero-order chi connectivity index (χ0) is 14.2. The first-order valence-corrected chi connectivity index (χ1v) is 8.80. The van der Waals surface area contributed by atoms with Gasteiger partial charge in [0.1, 0.15) is 0 Å². The summed E-state index contributed by atoms with van der Waals surface area (Å²) < 4.78 is 0.984. The maximum Gasteiger partial charge on any atom is 0.254 e. The number of carbonyl (C=O) groups is 1. The highest BCUT2D eigenvalue weighted by molar-refractivity contribution is 14.1. The number of hydrogen-bond acceptors (Lipinski definition) is 1. The Hall–Kier alpha value is -0.290. The van der Waals surface area contributed by atoms with Crippen molar-refractivity contribution in [1.29, 1.82) is 0 Å². The summed E-state index contributed by atoms with van der Waals surface area (Å²) in [5, 5.41) is 0.637. The van der Waals surface area contributed by atoms with Gasteiger partial charge < -0.3 is 4.90 Å². The largest absolute Gasteiger partial charge is 0.339 e. The van der Waals surface area contributed by atoms with E-state index in [4.69, 9.17) is 11.6 Å². The fraction of sp³-hybridized carbons (Fsp3) is 0.562.